The van der Waals surface area contributed by atoms with Gasteiger partial charge < -0.3 is 10.1 Å². The molecule has 1 aromatic carbocycles. The van der Waals surface area contributed by atoms with Crippen molar-refractivity contribution in [2.45, 2.75) is 24.7 Å². The lowest BCUT2D eigenvalue weighted by atomic mass is 9.75. The third-order valence-electron chi connectivity index (χ3n) is 5.50. The molecule has 1 unspecified atom stereocenters. The molecule has 0 saturated carbocycles. The van der Waals surface area contributed by atoms with Crippen molar-refractivity contribution in [3.8, 4) is 0 Å². The molecule has 4 heteroatoms. The molecule has 4 rings (SSSR count). The Balaban J connectivity index is 1.50. The minimum atomic E-state index is -0.208. The maximum Gasteiger partial charge on any atom is 0.414 e. The van der Waals surface area contributed by atoms with E-state index in [2.05, 4.69) is 35.7 Å². The van der Waals surface area contributed by atoms with E-state index in [9.17, 15) is 4.79 Å². The first kappa shape index (κ1) is 15.5. The molecule has 0 aromatic heterocycles. The highest BCUT2D eigenvalue weighted by Gasteiger charge is 2.45. The molecule has 1 spiro atoms. The summed E-state index contributed by atoms with van der Waals surface area (Å²) in [5, 5.41) is 3.43. The Hall–Kier alpha value is -2.07. The largest absolute Gasteiger partial charge is 0.449 e. The summed E-state index contributed by atoms with van der Waals surface area (Å²) in [6.07, 6.45) is 11.2. The van der Waals surface area contributed by atoms with Crippen LogP contribution in [-0.2, 0) is 10.2 Å². The van der Waals surface area contributed by atoms with E-state index in [1.165, 1.54) is 5.56 Å². The molecule has 1 atom stereocenters. The summed E-state index contributed by atoms with van der Waals surface area (Å²) in [6.45, 7) is 3.22. The van der Waals surface area contributed by atoms with E-state index in [1.54, 1.807) is 0 Å². The standard InChI is InChI=1S/C20H24N2O2/c23-19(24-14-16-6-2-1-3-7-16)22-15-20(10-12-21-13-11-20)17-8-4-5-9-18(17)22/h1-6,8-9,16,21H,7,10-15H2. The first-order chi connectivity index (χ1) is 11.8. The molecular weight excluding hydrogens is 300 g/mol. The van der Waals surface area contributed by atoms with Gasteiger partial charge in [0.05, 0.1) is 12.3 Å². The Morgan fingerprint density at radius 3 is 2.88 bits per heavy atom. The van der Waals surface area contributed by atoms with Gasteiger partial charge in [0.1, 0.15) is 0 Å². The number of hydrogen-bond donors (Lipinski definition) is 1. The highest BCUT2D eigenvalue weighted by molar-refractivity contribution is 5.91. The van der Waals surface area contributed by atoms with Crippen molar-refractivity contribution in [1.29, 1.82) is 0 Å². The number of allylic oxidation sites excluding steroid dienone is 3. The molecule has 0 radical (unpaired) electrons. The Bertz CT molecular complexity index is 674. The third kappa shape index (κ3) is 2.75. The van der Waals surface area contributed by atoms with Crippen LogP contribution in [-0.4, -0.2) is 32.3 Å². The predicted octanol–water partition coefficient (Wildman–Crippen LogP) is 3.40. The normalized spacial score (nSPS) is 24.2. The number of nitrogens with zero attached hydrogens (tertiary/aromatic N) is 1. The van der Waals surface area contributed by atoms with E-state index in [-0.39, 0.29) is 11.5 Å². The fourth-order valence-corrected chi connectivity index (χ4v) is 4.14. The van der Waals surface area contributed by atoms with E-state index < -0.39 is 0 Å². The summed E-state index contributed by atoms with van der Waals surface area (Å²) in [6, 6.07) is 8.32. The first-order valence-corrected chi connectivity index (χ1v) is 8.86. The number of piperidine rings is 1. The number of carbonyl (C=O) groups excluding carboxylic acids is 1. The fraction of sp³-hybridized carbons (Fsp3) is 0.450. The van der Waals surface area contributed by atoms with Crippen molar-refractivity contribution >= 4 is 11.8 Å². The molecule has 1 fully saturated rings. The zero-order valence-corrected chi connectivity index (χ0v) is 13.9. The van der Waals surface area contributed by atoms with Crippen LogP contribution in [0.15, 0.2) is 48.6 Å². The number of ether oxygens (including phenoxy) is 1. The number of anilines is 1. The third-order valence-corrected chi connectivity index (χ3v) is 5.50. The maximum atomic E-state index is 12.7. The van der Waals surface area contributed by atoms with Gasteiger partial charge in [0.25, 0.3) is 0 Å². The fourth-order valence-electron chi connectivity index (χ4n) is 4.14. The Kier molecular flexibility index (Phi) is 4.15. The van der Waals surface area contributed by atoms with Crippen LogP contribution in [0.1, 0.15) is 24.8 Å². The van der Waals surface area contributed by atoms with Crippen LogP contribution in [0.25, 0.3) is 0 Å². The quantitative estimate of drug-likeness (QED) is 0.906. The van der Waals surface area contributed by atoms with E-state index in [4.69, 9.17) is 4.74 Å². The molecule has 3 aliphatic rings. The molecule has 126 valence electrons. The second-order valence-electron chi connectivity index (χ2n) is 7.02. The number of para-hydroxylation sites is 1. The summed E-state index contributed by atoms with van der Waals surface area (Å²) in [5.74, 6) is 0.296. The number of nitrogens with one attached hydrogen (secondary N) is 1. The van der Waals surface area contributed by atoms with Crippen molar-refractivity contribution in [3.05, 3.63) is 54.1 Å². The predicted molar refractivity (Wildman–Crippen MR) is 95.3 cm³/mol. The van der Waals surface area contributed by atoms with Crippen LogP contribution in [0.4, 0.5) is 10.5 Å². The monoisotopic (exact) mass is 324 g/mol. The van der Waals surface area contributed by atoms with Gasteiger partial charge in [-0.2, -0.15) is 0 Å². The van der Waals surface area contributed by atoms with Crippen LogP contribution < -0.4 is 10.2 Å². The smallest absolute Gasteiger partial charge is 0.414 e. The van der Waals surface area contributed by atoms with Crippen molar-refractivity contribution in [2.75, 3.05) is 31.1 Å². The van der Waals surface area contributed by atoms with Gasteiger partial charge in [-0.3, -0.25) is 4.90 Å². The lowest BCUT2D eigenvalue weighted by molar-refractivity contribution is 0.140. The lowest BCUT2D eigenvalue weighted by Crippen LogP contribution is -2.44. The number of benzene rings is 1. The molecule has 1 aliphatic carbocycles. The molecule has 4 nitrogen and oxygen atoms in total. The summed E-state index contributed by atoms with van der Waals surface area (Å²) in [7, 11) is 0. The van der Waals surface area contributed by atoms with Crippen molar-refractivity contribution in [1.82, 2.24) is 5.32 Å². The number of amides is 1. The average Bonchev–Trinajstić information content (AvgIpc) is 2.96. The zero-order chi connectivity index (χ0) is 16.4. The SMILES string of the molecule is O=C(OCC1C=CC=CC1)N1CC2(CCNCC2)c2ccccc21. The lowest BCUT2D eigenvalue weighted by Gasteiger charge is -2.34. The van der Waals surface area contributed by atoms with Crippen LogP contribution in [0.2, 0.25) is 0 Å². The molecular formula is C20H24N2O2. The van der Waals surface area contributed by atoms with Gasteiger partial charge in [-0.05, 0) is 44.0 Å². The zero-order valence-electron chi connectivity index (χ0n) is 13.9. The van der Waals surface area contributed by atoms with Crippen LogP contribution in [0.3, 0.4) is 0 Å². The van der Waals surface area contributed by atoms with Gasteiger partial charge >= 0.3 is 6.09 Å². The molecule has 1 aromatic rings. The second kappa shape index (κ2) is 6.44. The Morgan fingerprint density at radius 1 is 1.25 bits per heavy atom. The van der Waals surface area contributed by atoms with Crippen LogP contribution >= 0.6 is 0 Å². The molecule has 2 heterocycles. The molecule has 1 N–H and O–H groups in total. The summed E-state index contributed by atoms with van der Waals surface area (Å²) in [5.41, 5.74) is 2.43. The summed E-state index contributed by atoms with van der Waals surface area (Å²) >= 11 is 0. The average molecular weight is 324 g/mol. The van der Waals surface area contributed by atoms with E-state index in [0.717, 1.165) is 44.6 Å². The first-order valence-electron chi connectivity index (χ1n) is 8.86. The number of hydrogen-bond acceptors (Lipinski definition) is 3. The molecule has 2 aliphatic heterocycles. The Labute approximate surface area is 143 Å². The minimum Gasteiger partial charge on any atom is -0.449 e. The topological polar surface area (TPSA) is 41.6 Å². The second-order valence-corrected chi connectivity index (χ2v) is 7.02. The number of fused-ring (bicyclic) bond motifs is 2. The van der Waals surface area contributed by atoms with Gasteiger partial charge in [0.15, 0.2) is 0 Å². The van der Waals surface area contributed by atoms with Gasteiger partial charge in [-0.25, -0.2) is 4.79 Å². The highest BCUT2D eigenvalue weighted by Crippen LogP contribution is 2.46. The molecule has 1 amide bonds. The van der Waals surface area contributed by atoms with Gasteiger partial charge in [0.2, 0.25) is 0 Å². The highest BCUT2D eigenvalue weighted by atomic mass is 16.6. The Morgan fingerprint density at radius 2 is 2.08 bits per heavy atom. The molecule has 0 bridgehead atoms. The van der Waals surface area contributed by atoms with Gasteiger partial charge in [-0.1, -0.05) is 42.5 Å². The number of carbonyl (C=O) groups is 1. The summed E-state index contributed by atoms with van der Waals surface area (Å²) < 4.78 is 5.64. The number of rotatable bonds is 2. The summed E-state index contributed by atoms with van der Waals surface area (Å²) in [4.78, 5) is 14.6. The maximum absolute atomic E-state index is 12.7. The van der Waals surface area contributed by atoms with E-state index >= 15 is 0 Å². The molecule has 1 saturated heterocycles. The van der Waals surface area contributed by atoms with Crippen LogP contribution in [0, 0.1) is 5.92 Å². The van der Waals surface area contributed by atoms with Crippen molar-refractivity contribution in [2.24, 2.45) is 5.92 Å². The minimum absolute atomic E-state index is 0.0916. The van der Waals surface area contributed by atoms with E-state index in [1.807, 2.05) is 23.1 Å². The van der Waals surface area contributed by atoms with Crippen molar-refractivity contribution < 1.29 is 9.53 Å². The van der Waals surface area contributed by atoms with Crippen molar-refractivity contribution in [3.63, 3.8) is 0 Å². The van der Waals surface area contributed by atoms with Gasteiger partial charge in [-0.15, -0.1) is 0 Å². The molecule has 24 heavy (non-hydrogen) atoms. The van der Waals surface area contributed by atoms with E-state index in [0.29, 0.717) is 12.5 Å². The van der Waals surface area contributed by atoms with Crippen LogP contribution in [0.5, 0.6) is 0 Å². The van der Waals surface area contributed by atoms with Gasteiger partial charge in [0, 0.05) is 17.9 Å².